The van der Waals surface area contributed by atoms with Crippen LogP contribution in [0.3, 0.4) is 0 Å². The summed E-state index contributed by atoms with van der Waals surface area (Å²) in [7, 11) is 0. The SMILES string of the molecule is CCCCCCCCCCc1[c]cccc1CCC. The predicted octanol–water partition coefficient (Wildman–Crippen LogP) is 6.12. The second-order valence-corrected chi connectivity index (χ2v) is 5.65. The van der Waals surface area contributed by atoms with Crippen LogP contribution in [-0.4, -0.2) is 0 Å². The van der Waals surface area contributed by atoms with Gasteiger partial charge in [0.25, 0.3) is 0 Å². The molecule has 1 rings (SSSR count). The Hall–Kier alpha value is -0.780. The number of aryl methyl sites for hydroxylation is 2. The van der Waals surface area contributed by atoms with Crippen molar-refractivity contribution in [2.24, 2.45) is 0 Å². The van der Waals surface area contributed by atoms with Gasteiger partial charge in [-0.05, 0) is 36.5 Å². The molecule has 1 aromatic carbocycles. The van der Waals surface area contributed by atoms with Crippen molar-refractivity contribution in [1.29, 1.82) is 0 Å². The molecule has 1 radical (unpaired) electrons. The van der Waals surface area contributed by atoms with E-state index in [2.05, 4.69) is 38.1 Å². The lowest BCUT2D eigenvalue weighted by Crippen LogP contribution is -1.94. The number of rotatable bonds is 11. The van der Waals surface area contributed by atoms with Crippen molar-refractivity contribution in [1.82, 2.24) is 0 Å². The Labute approximate surface area is 120 Å². The molecule has 0 saturated heterocycles. The summed E-state index contributed by atoms with van der Waals surface area (Å²) in [4.78, 5) is 0. The smallest absolute Gasteiger partial charge is 0.0146 e. The molecule has 19 heavy (non-hydrogen) atoms. The van der Waals surface area contributed by atoms with Crippen LogP contribution in [0.15, 0.2) is 18.2 Å². The third kappa shape index (κ3) is 7.40. The van der Waals surface area contributed by atoms with E-state index in [0.29, 0.717) is 0 Å². The average molecular weight is 259 g/mol. The van der Waals surface area contributed by atoms with Crippen LogP contribution in [0.4, 0.5) is 0 Å². The van der Waals surface area contributed by atoms with Crippen molar-refractivity contribution in [3.63, 3.8) is 0 Å². The van der Waals surface area contributed by atoms with Gasteiger partial charge >= 0.3 is 0 Å². The molecule has 0 heteroatoms. The van der Waals surface area contributed by atoms with Crippen LogP contribution in [0.1, 0.15) is 82.8 Å². The Morgan fingerprint density at radius 1 is 0.789 bits per heavy atom. The van der Waals surface area contributed by atoms with Crippen LogP contribution in [0, 0.1) is 6.07 Å². The quantitative estimate of drug-likeness (QED) is 0.420. The van der Waals surface area contributed by atoms with Gasteiger partial charge in [0.2, 0.25) is 0 Å². The summed E-state index contributed by atoms with van der Waals surface area (Å²) in [5, 5.41) is 0. The lowest BCUT2D eigenvalue weighted by molar-refractivity contribution is 0.575. The first-order valence-corrected chi connectivity index (χ1v) is 8.37. The zero-order valence-corrected chi connectivity index (χ0v) is 13.0. The Kier molecular flexibility index (Phi) is 9.49. The minimum Gasteiger partial charge on any atom is -0.0654 e. The van der Waals surface area contributed by atoms with E-state index in [4.69, 9.17) is 0 Å². The third-order valence-corrected chi connectivity index (χ3v) is 3.84. The summed E-state index contributed by atoms with van der Waals surface area (Å²) >= 11 is 0. The molecule has 0 spiro atoms. The molecular formula is C19H31. The molecule has 107 valence electrons. The first-order chi connectivity index (χ1) is 9.38. The number of hydrogen-bond acceptors (Lipinski definition) is 0. The molecule has 0 fully saturated rings. The first-order valence-electron chi connectivity index (χ1n) is 8.37. The minimum absolute atomic E-state index is 1.21. The van der Waals surface area contributed by atoms with E-state index in [0.717, 1.165) is 0 Å². The maximum absolute atomic E-state index is 3.44. The molecule has 0 bridgehead atoms. The van der Waals surface area contributed by atoms with Crippen LogP contribution in [0.25, 0.3) is 0 Å². The normalized spacial score (nSPS) is 10.8. The van der Waals surface area contributed by atoms with E-state index >= 15 is 0 Å². The van der Waals surface area contributed by atoms with Gasteiger partial charge in [-0.3, -0.25) is 0 Å². The molecule has 0 heterocycles. The van der Waals surface area contributed by atoms with Crippen molar-refractivity contribution < 1.29 is 0 Å². The Morgan fingerprint density at radius 3 is 2.16 bits per heavy atom. The number of benzene rings is 1. The highest BCUT2D eigenvalue weighted by molar-refractivity contribution is 5.26. The highest BCUT2D eigenvalue weighted by Gasteiger charge is 2.01. The standard InChI is InChI=1S/C19H31/c1-3-5-6-7-8-9-10-11-15-19-17-13-12-16-18(19)14-4-2/h12-13,16H,3-11,14-15H2,1-2H3. The molecule has 0 atom stereocenters. The van der Waals surface area contributed by atoms with Gasteiger partial charge in [0, 0.05) is 0 Å². The van der Waals surface area contributed by atoms with Crippen LogP contribution in [0.2, 0.25) is 0 Å². The molecular weight excluding hydrogens is 228 g/mol. The van der Waals surface area contributed by atoms with E-state index in [1.807, 2.05) is 0 Å². The molecule has 0 aliphatic carbocycles. The summed E-state index contributed by atoms with van der Waals surface area (Å²) in [6.07, 6.45) is 14.9. The highest BCUT2D eigenvalue weighted by atomic mass is 14.1. The summed E-state index contributed by atoms with van der Waals surface area (Å²) in [5.41, 5.74) is 2.99. The highest BCUT2D eigenvalue weighted by Crippen LogP contribution is 2.15. The van der Waals surface area contributed by atoms with Crippen molar-refractivity contribution in [2.45, 2.75) is 84.5 Å². The fraction of sp³-hybridized carbons (Fsp3) is 0.684. The van der Waals surface area contributed by atoms with Crippen molar-refractivity contribution in [3.05, 3.63) is 35.4 Å². The average Bonchev–Trinajstić information content (AvgIpc) is 2.44. The largest absolute Gasteiger partial charge is 0.0654 e. The molecule has 0 amide bonds. The minimum atomic E-state index is 1.21. The van der Waals surface area contributed by atoms with E-state index < -0.39 is 0 Å². The second kappa shape index (κ2) is 11.1. The van der Waals surface area contributed by atoms with Gasteiger partial charge in [0.05, 0.1) is 0 Å². The summed E-state index contributed by atoms with van der Waals surface area (Å²) in [6.45, 7) is 4.54. The fourth-order valence-corrected chi connectivity index (χ4v) is 2.68. The number of unbranched alkanes of at least 4 members (excludes halogenated alkanes) is 7. The lowest BCUT2D eigenvalue weighted by atomic mass is 9.98. The van der Waals surface area contributed by atoms with Gasteiger partial charge in [0.1, 0.15) is 0 Å². The zero-order chi connectivity index (χ0) is 13.8. The maximum Gasteiger partial charge on any atom is -0.0146 e. The summed E-state index contributed by atoms with van der Waals surface area (Å²) in [5.74, 6) is 0. The molecule has 0 aliphatic heterocycles. The van der Waals surface area contributed by atoms with E-state index in [9.17, 15) is 0 Å². The van der Waals surface area contributed by atoms with Gasteiger partial charge < -0.3 is 0 Å². The molecule has 0 aliphatic rings. The van der Waals surface area contributed by atoms with Crippen molar-refractivity contribution in [3.8, 4) is 0 Å². The van der Waals surface area contributed by atoms with Crippen LogP contribution in [0.5, 0.6) is 0 Å². The topological polar surface area (TPSA) is 0 Å². The first kappa shape index (κ1) is 16.3. The van der Waals surface area contributed by atoms with Crippen LogP contribution >= 0.6 is 0 Å². The summed E-state index contributed by atoms with van der Waals surface area (Å²) in [6, 6.07) is 9.91. The Bertz CT molecular complexity index is 314. The van der Waals surface area contributed by atoms with Crippen molar-refractivity contribution in [2.75, 3.05) is 0 Å². The van der Waals surface area contributed by atoms with Gasteiger partial charge in [-0.15, -0.1) is 0 Å². The summed E-state index contributed by atoms with van der Waals surface area (Å²) < 4.78 is 0. The Morgan fingerprint density at radius 2 is 1.47 bits per heavy atom. The monoisotopic (exact) mass is 259 g/mol. The Balaban J connectivity index is 2.12. The molecule has 0 N–H and O–H groups in total. The molecule has 0 saturated carbocycles. The maximum atomic E-state index is 3.44. The molecule has 0 unspecified atom stereocenters. The number of hydrogen-bond donors (Lipinski definition) is 0. The second-order valence-electron chi connectivity index (χ2n) is 5.65. The fourth-order valence-electron chi connectivity index (χ4n) is 2.68. The predicted molar refractivity (Wildman–Crippen MR) is 85.6 cm³/mol. The van der Waals surface area contributed by atoms with E-state index in [-0.39, 0.29) is 0 Å². The van der Waals surface area contributed by atoms with Gasteiger partial charge in [0.15, 0.2) is 0 Å². The zero-order valence-electron chi connectivity index (χ0n) is 13.0. The van der Waals surface area contributed by atoms with E-state index in [1.54, 1.807) is 0 Å². The molecule has 1 aromatic rings. The van der Waals surface area contributed by atoms with Gasteiger partial charge in [-0.25, -0.2) is 0 Å². The lowest BCUT2D eigenvalue weighted by Gasteiger charge is -2.08. The molecule has 0 nitrogen and oxygen atoms in total. The van der Waals surface area contributed by atoms with Gasteiger partial charge in [-0.2, -0.15) is 0 Å². The van der Waals surface area contributed by atoms with Crippen molar-refractivity contribution >= 4 is 0 Å². The van der Waals surface area contributed by atoms with Gasteiger partial charge in [-0.1, -0.05) is 83.4 Å². The third-order valence-electron chi connectivity index (χ3n) is 3.84. The van der Waals surface area contributed by atoms with E-state index in [1.165, 1.54) is 81.8 Å². The van der Waals surface area contributed by atoms with Crippen LogP contribution < -0.4 is 0 Å². The van der Waals surface area contributed by atoms with Crippen LogP contribution in [-0.2, 0) is 12.8 Å². The molecule has 0 aromatic heterocycles.